The molecule has 21 heavy (non-hydrogen) atoms. The molecule has 1 aliphatic rings. The molecule has 1 saturated heterocycles. The van der Waals surface area contributed by atoms with Crippen molar-refractivity contribution in [1.82, 2.24) is 4.98 Å². The Morgan fingerprint density at radius 3 is 3.00 bits per heavy atom. The third-order valence-corrected chi connectivity index (χ3v) is 5.39. The summed E-state index contributed by atoms with van der Waals surface area (Å²) in [6, 6.07) is 3.28. The molecule has 1 unspecified atom stereocenters. The third kappa shape index (κ3) is 4.03. The van der Waals surface area contributed by atoms with Crippen LogP contribution in [0.25, 0.3) is 0 Å². The molecule has 1 aliphatic heterocycles. The van der Waals surface area contributed by atoms with E-state index in [4.69, 9.17) is 5.73 Å². The third-order valence-electron chi connectivity index (χ3n) is 3.22. The molecule has 2 heterocycles. The molecule has 0 saturated carbocycles. The molecule has 0 radical (unpaired) electrons. The Morgan fingerprint density at radius 1 is 1.48 bits per heavy atom. The van der Waals surface area contributed by atoms with Crippen LogP contribution in [0.3, 0.4) is 0 Å². The standard InChI is InChI=1S/C14H17N3O3S/c15-7-3-4-11-6-8-16-13(10-11)17-14(18)12-5-1-2-9-21(12,19)20/h6,8,10,12H,1-2,5,7,9,15H2,(H,16,17,18). The molecule has 0 aromatic carbocycles. The Balaban J connectivity index is 2.12. The van der Waals surface area contributed by atoms with Crippen molar-refractivity contribution >= 4 is 21.6 Å². The van der Waals surface area contributed by atoms with Crippen LogP contribution in [0.15, 0.2) is 18.3 Å². The molecule has 1 aromatic heterocycles. The number of carbonyl (C=O) groups is 1. The highest BCUT2D eigenvalue weighted by Gasteiger charge is 2.34. The number of aromatic nitrogens is 1. The number of nitrogens with zero attached hydrogens (tertiary/aromatic N) is 1. The number of sulfone groups is 1. The van der Waals surface area contributed by atoms with E-state index in [1.54, 1.807) is 12.1 Å². The van der Waals surface area contributed by atoms with Gasteiger partial charge in [0.1, 0.15) is 11.1 Å². The average molecular weight is 307 g/mol. The van der Waals surface area contributed by atoms with Gasteiger partial charge in [-0.3, -0.25) is 4.79 Å². The van der Waals surface area contributed by atoms with E-state index in [0.29, 0.717) is 24.2 Å². The summed E-state index contributed by atoms with van der Waals surface area (Å²) in [6.07, 6.45) is 3.23. The second-order valence-electron chi connectivity index (χ2n) is 4.78. The molecule has 7 heteroatoms. The van der Waals surface area contributed by atoms with Gasteiger partial charge in [0.2, 0.25) is 5.91 Å². The number of carbonyl (C=O) groups excluding carboxylic acids is 1. The highest BCUT2D eigenvalue weighted by atomic mass is 32.2. The van der Waals surface area contributed by atoms with E-state index in [1.165, 1.54) is 6.20 Å². The first-order valence-electron chi connectivity index (χ1n) is 6.70. The van der Waals surface area contributed by atoms with E-state index in [0.717, 1.165) is 6.42 Å². The topological polar surface area (TPSA) is 102 Å². The van der Waals surface area contributed by atoms with Crippen LogP contribution in [-0.4, -0.2) is 36.9 Å². The number of hydrogen-bond acceptors (Lipinski definition) is 5. The highest BCUT2D eigenvalue weighted by Crippen LogP contribution is 2.21. The molecular formula is C14H17N3O3S. The Morgan fingerprint density at radius 2 is 2.29 bits per heavy atom. The minimum absolute atomic E-state index is 0.0700. The van der Waals surface area contributed by atoms with Gasteiger partial charge >= 0.3 is 0 Å². The normalized spacial score (nSPS) is 20.1. The molecule has 6 nitrogen and oxygen atoms in total. The number of anilines is 1. The molecule has 0 aliphatic carbocycles. The maximum atomic E-state index is 12.1. The lowest BCUT2D eigenvalue weighted by Crippen LogP contribution is -2.39. The van der Waals surface area contributed by atoms with Gasteiger partial charge in [0, 0.05) is 11.8 Å². The maximum Gasteiger partial charge on any atom is 0.243 e. The molecule has 3 N–H and O–H groups in total. The summed E-state index contributed by atoms with van der Waals surface area (Å²) in [5.74, 6) is 5.38. The number of nitrogens with one attached hydrogen (secondary N) is 1. The minimum atomic E-state index is -3.35. The van der Waals surface area contributed by atoms with Gasteiger partial charge in [0.25, 0.3) is 0 Å². The van der Waals surface area contributed by atoms with Gasteiger partial charge in [0.05, 0.1) is 12.3 Å². The van der Waals surface area contributed by atoms with E-state index < -0.39 is 21.0 Å². The van der Waals surface area contributed by atoms with Gasteiger partial charge in [-0.05, 0) is 25.0 Å². The lowest BCUT2D eigenvalue weighted by Gasteiger charge is -2.21. The summed E-state index contributed by atoms with van der Waals surface area (Å²) in [7, 11) is -3.35. The smallest absolute Gasteiger partial charge is 0.243 e. The van der Waals surface area contributed by atoms with Crippen LogP contribution in [0.4, 0.5) is 5.82 Å². The Labute approximate surface area is 124 Å². The number of amides is 1. The SMILES string of the molecule is NCC#Cc1ccnc(NC(=O)C2CCCCS2(=O)=O)c1. The van der Waals surface area contributed by atoms with E-state index in [-0.39, 0.29) is 12.3 Å². The van der Waals surface area contributed by atoms with Crippen molar-refractivity contribution in [3.8, 4) is 11.8 Å². The van der Waals surface area contributed by atoms with Crippen molar-refractivity contribution in [2.24, 2.45) is 5.73 Å². The van der Waals surface area contributed by atoms with E-state index in [2.05, 4.69) is 22.1 Å². The maximum absolute atomic E-state index is 12.1. The fraction of sp³-hybridized carbons (Fsp3) is 0.429. The van der Waals surface area contributed by atoms with Crippen LogP contribution in [-0.2, 0) is 14.6 Å². The zero-order valence-corrected chi connectivity index (χ0v) is 12.3. The first-order valence-corrected chi connectivity index (χ1v) is 8.42. The molecule has 0 bridgehead atoms. The summed E-state index contributed by atoms with van der Waals surface area (Å²) in [5.41, 5.74) is 5.96. The van der Waals surface area contributed by atoms with Crippen molar-refractivity contribution in [2.45, 2.75) is 24.5 Å². The molecule has 1 atom stereocenters. The molecular weight excluding hydrogens is 290 g/mol. The van der Waals surface area contributed by atoms with Crippen LogP contribution in [0.5, 0.6) is 0 Å². The Hall–Kier alpha value is -1.91. The Bertz CT molecular complexity index is 689. The predicted molar refractivity (Wildman–Crippen MR) is 80.2 cm³/mol. The quantitative estimate of drug-likeness (QED) is 0.765. The van der Waals surface area contributed by atoms with Crippen LogP contribution in [0.1, 0.15) is 24.8 Å². The van der Waals surface area contributed by atoms with Gasteiger partial charge in [-0.2, -0.15) is 0 Å². The van der Waals surface area contributed by atoms with Crippen molar-refractivity contribution < 1.29 is 13.2 Å². The van der Waals surface area contributed by atoms with Crippen molar-refractivity contribution in [3.05, 3.63) is 23.9 Å². The first kappa shape index (κ1) is 15.5. The summed E-state index contributed by atoms with van der Waals surface area (Å²) < 4.78 is 23.8. The monoisotopic (exact) mass is 307 g/mol. The molecule has 1 amide bonds. The summed E-state index contributed by atoms with van der Waals surface area (Å²) >= 11 is 0. The summed E-state index contributed by atoms with van der Waals surface area (Å²) in [5, 5.41) is 1.58. The second-order valence-corrected chi connectivity index (χ2v) is 7.08. The van der Waals surface area contributed by atoms with Crippen molar-refractivity contribution in [3.63, 3.8) is 0 Å². The summed E-state index contributed by atoms with van der Waals surface area (Å²) in [4.78, 5) is 16.1. The van der Waals surface area contributed by atoms with Crippen LogP contribution >= 0.6 is 0 Å². The van der Waals surface area contributed by atoms with E-state index >= 15 is 0 Å². The molecule has 0 spiro atoms. The molecule has 2 rings (SSSR count). The van der Waals surface area contributed by atoms with Crippen LogP contribution in [0, 0.1) is 11.8 Å². The molecule has 112 valence electrons. The minimum Gasteiger partial charge on any atom is -0.320 e. The molecule has 1 aromatic rings. The lowest BCUT2D eigenvalue weighted by molar-refractivity contribution is -0.116. The number of hydrogen-bond donors (Lipinski definition) is 2. The van der Waals surface area contributed by atoms with Crippen molar-refractivity contribution in [2.75, 3.05) is 17.6 Å². The molecule has 1 fully saturated rings. The number of pyridine rings is 1. The van der Waals surface area contributed by atoms with Gasteiger partial charge in [-0.1, -0.05) is 18.3 Å². The van der Waals surface area contributed by atoms with Gasteiger partial charge in [-0.15, -0.1) is 0 Å². The largest absolute Gasteiger partial charge is 0.320 e. The van der Waals surface area contributed by atoms with Gasteiger partial charge in [-0.25, -0.2) is 13.4 Å². The Kier molecular flexibility index (Phi) is 4.94. The fourth-order valence-electron chi connectivity index (χ4n) is 2.19. The highest BCUT2D eigenvalue weighted by molar-refractivity contribution is 7.92. The number of rotatable bonds is 2. The number of nitrogens with two attached hydrogens (primary N) is 1. The fourth-order valence-corrected chi connectivity index (χ4v) is 3.99. The average Bonchev–Trinajstić information content (AvgIpc) is 2.45. The predicted octanol–water partition coefficient (Wildman–Crippen LogP) is 0.298. The van der Waals surface area contributed by atoms with Crippen LogP contribution < -0.4 is 11.1 Å². The zero-order chi connectivity index (χ0) is 15.3. The van der Waals surface area contributed by atoms with E-state index in [1.807, 2.05) is 0 Å². The zero-order valence-electron chi connectivity index (χ0n) is 11.5. The lowest BCUT2D eigenvalue weighted by atomic mass is 10.2. The van der Waals surface area contributed by atoms with Gasteiger partial charge < -0.3 is 11.1 Å². The van der Waals surface area contributed by atoms with E-state index in [9.17, 15) is 13.2 Å². The summed E-state index contributed by atoms with van der Waals surface area (Å²) in [6.45, 7) is 0.240. The van der Waals surface area contributed by atoms with Crippen molar-refractivity contribution in [1.29, 1.82) is 0 Å². The first-order chi connectivity index (χ1) is 10.0. The van der Waals surface area contributed by atoms with Gasteiger partial charge in [0.15, 0.2) is 9.84 Å². The van der Waals surface area contributed by atoms with Crippen LogP contribution in [0.2, 0.25) is 0 Å². The second kappa shape index (κ2) is 6.70.